The largest absolute Gasteiger partial charge is 0.444 e. The summed E-state index contributed by atoms with van der Waals surface area (Å²) in [5.41, 5.74) is 0.187. The molecule has 0 aromatic heterocycles. The van der Waals surface area contributed by atoms with E-state index in [1.807, 2.05) is 48.5 Å². The molecule has 4 heterocycles. The van der Waals surface area contributed by atoms with Crippen molar-refractivity contribution < 1.29 is 59.9 Å². The zero-order valence-corrected chi connectivity index (χ0v) is 61.4. The zero-order chi connectivity index (χ0) is 71.0. The fourth-order valence-corrected chi connectivity index (χ4v) is 22.0. The lowest BCUT2D eigenvalue weighted by molar-refractivity contribution is -0.145. The maximum absolute atomic E-state index is 15.2. The summed E-state index contributed by atoms with van der Waals surface area (Å²) in [5, 5.41) is 11.8. The third kappa shape index (κ3) is 12.1. The average molecular weight is 1380 g/mol. The molecule has 538 valence electrons. The average Bonchev–Trinajstić information content (AvgIpc) is 1.46. The van der Waals surface area contributed by atoms with Crippen molar-refractivity contribution in [3.63, 3.8) is 0 Å². The van der Waals surface area contributed by atoms with Crippen LogP contribution in [0.4, 0.5) is 4.79 Å². The summed E-state index contributed by atoms with van der Waals surface area (Å²) >= 11 is 0. The summed E-state index contributed by atoms with van der Waals surface area (Å²) in [6.07, 6.45) is 17.3. The first kappa shape index (κ1) is 73.5. The molecule has 26 heteroatoms. The Kier molecular flexibility index (Phi) is 18.8. The van der Waals surface area contributed by atoms with Crippen molar-refractivity contribution in [2.24, 2.45) is 66.3 Å². The van der Waals surface area contributed by atoms with Crippen LogP contribution in [0.3, 0.4) is 0 Å². The Bertz CT molecular complexity index is 3400. The second kappa shape index (κ2) is 24.6. The molecule has 11 atom stereocenters. The first-order chi connectivity index (χ1) is 44.3. The van der Waals surface area contributed by atoms with Crippen molar-refractivity contribution in [3.05, 3.63) is 25.3 Å². The highest BCUT2D eigenvalue weighted by atomic mass is 32.2. The number of nitrogens with zero attached hydrogens (tertiary/aromatic N) is 4. The van der Waals surface area contributed by atoms with Gasteiger partial charge in [0.25, 0.3) is 11.8 Å². The standard InChI is InChI=1S/C42H68N6O8S.C28H45N5O5S/c1-11-27-24-42(27,34(52)46-57(54,55)47-22-15-16-23-47)45-31(49)28-25-41(38(8,9)40(41)20-17-21-40)26-48(28)33(51)30(36(2,3)4)43-32(50)29(39(10)18-13-12-14-19-39)44-35(53)56-37(5,6)7;1-7-18-15-28(18,23(36)31-39(37,38)32-13-8-9-14-32)30-21(34)19-16-27(25(5,6)26(27)11-10-12-26)17-33(19)22(35)20(29)24(2,3)4/h11,27-30H,1,12-26H2,2-10H3,(H,43,50)(H,44,53)(H,45,49)(H,46,52);7,18-20H,1,8-17,29H2,2-6H3,(H,30,34)(H,31,36)/t27-,28+,29-,30-,41-,42-;18-,19+,20-,27-,28-/m11/s1. The van der Waals surface area contributed by atoms with Gasteiger partial charge in [-0.05, 0) is 149 Å². The topological polar surface area (TPSA) is 325 Å². The lowest BCUT2D eigenvalue weighted by Gasteiger charge is -2.42. The van der Waals surface area contributed by atoms with Gasteiger partial charge < -0.3 is 41.5 Å². The second-order valence-electron chi connectivity index (χ2n) is 35.2. The molecule has 96 heavy (non-hydrogen) atoms. The van der Waals surface area contributed by atoms with Crippen LogP contribution < -0.4 is 36.4 Å². The number of ether oxygens (including phenoxy) is 1. The Balaban J connectivity index is 0.000000224. The molecule has 4 saturated heterocycles. The van der Waals surface area contributed by atoms with Crippen molar-refractivity contribution in [1.82, 2.24) is 49.1 Å². The predicted molar refractivity (Wildman–Crippen MR) is 362 cm³/mol. The van der Waals surface area contributed by atoms with Gasteiger partial charge in [-0.2, -0.15) is 25.4 Å². The van der Waals surface area contributed by atoms with E-state index >= 15 is 4.79 Å². The fraction of sp³-hybridized carbons (Fsp3) is 0.829. The molecule has 11 fully saturated rings. The van der Waals surface area contributed by atoms with Crippen LogP contribution >= 0.6 is 0 Å². The van der Waals surface area contributed by atoms with Crippen molar-refractivity contribution in [2.75, 3.05) is 39.3 Å². The van der Waals surface area contributed by atoms with Crippen molar-refractivity contribution in [1.29, 1.82) is 0 Å². The number of nitrogens with two attached hydrogens (primary N) is 1. The van der Waals surface area contributed by atoms with Gasteiger partial charge in [0.2, 0.25) is 29.5 Å². The SMILES string of the molecule is C=C[C@@H]1C[C@]1(NC(=O)[C@@H]1C[C@@]2(CN1C(=O)[C@@H](N)C(C)(C)C)C(C)(C)C21CCC1)C(=O)NS(=O)(=O)N1CCCC1.C=C[C@@H]1C[C@]1(NC(=O)[C@@H]1C[C@@]2(CN1C(=O)[C@@H](NC(=O)[C@@H](NC(=O)OC(C)(C)C)C1(C)CCCCC1)C(C)(C)C)C(C)(C)C21CCC1)C(=O)NS(=O)(=O)N1CCCC1. The normalized spacial score (nSPS) is 32.8. The van der Waals surface area contributed by atoms with Crippen molar-refractivity contribution >= 4 is 67.9 Å². The molecule has 24 nitrogen and oxygen atoms in total. The van der Waals surface area contributed by atoms with Gasteiger partial charge >= 0.3 is 26.5 Å². The Hall–Kier alpha value is -5.18. The van der Waals surface area contributed by atoms with Gasteiger partial charge in [-0.3, -0.25) is 33.6 Å². The first-order valence-corrected chi connectivity index (χ1v) is 38.4. The van der Waals surface area contributed by atoms with Crippen LogP contribution in [0.1, 0.15) is 219 Å². The van der Waals surface area contributed by atoms with Crippen molar-refractivity contribution in [3.8, 4) is 0 Å². The third-order valence-corrected chi connectivity index (χ3v) is 29.3. The van der Waals surface area contributed by atoms with Crippen LogP contribution in [0.15, 0.2) is 25.3 Å². The smallest absolute Gasteiger partial charge is 0.408 e. The highest BCUT2D eigenvalue weighted by Gasteiger charge is 2.87. The maximum atomic E-state index is 15.2. The zero-order valence-electron chi connectivity index (χ0n) is 59.8. The number of hydrogen-bond acceptors (Lipinski definition) is 14. The van der Waals surface area contributed by atoms with Gasteiger partial charge in [-0.1, -0.05) is 120 Å². The molecule has 0 bridgehead atoms. The Morgan fingerprint density at radius 1 is 0.521 bits per heavy atom. The van der Waals surface area contributed by atoms with Crippen molar-refractivity contribution in [2.45, 2.75) is 266 Å². The Morgan fingerprint density at radius 2 is 0.917 bits per heavy atom. The molecule has 0 aromatic carbocycles. The van der Waals surface area contributed by atoms with Crippen LogP contribution in [0.25, 0.3) is 0 Å². The predicted octanol–water partition coefficient (Wildman–Crippen LogP) is 6.37. The van der Waals surface area contributed by atoms with Crippen LogP contribution in [-0.4, -0.2) is 169 Å². The van der Waals surface area contributed by atoms with E-state index in [-0.39, 0.29) is 51.2 Å². The Labute approximate surface area is 570 Å². The minimum Gasteiger partial charge on any atom is -0.444 e. The summed E-state index contributed by atoms with van der Waals surface area (Å²) in [4.78, 5) is 116. The van der Waals surface area contributed by atoms with E-state index in [0.29, 0.717) is 77.8 Å². The van der Waals surface area contributed by atoms with Gasteiger partial charge in [-0.15, -0.1) is 13.2 Å². The molecule has 0 aromatic rings. The summed E-state index contributed by atoms with van der Waals surface area (Å²) in [6.45, 7) is 37.3. The number of likely N-dealkylation sites (tertiary alicyclic amines) is 2. The molecule has 0 radical (unpaired) electrons. The molecule has 4 spiro atoms. The maximum Gasteiger partial charge on any atom is 0.408 e. The van der Waals surface area contributed by atoms with E-state index in [2.05, 4.69) is 71.6 Å². The molecular weight excluding hydrogens is 1270 g/mol. The lowest BCUT2D eigenvalue weighted by Crippen LogP contribution is -2.63. The number of rotatable bonds is 18. The molecule has 4 aliphatic heterocycles. The lowest BCUT2D eigenvalue weighted by atomic mass is 9.70. The highest BCUT2D eigenvalue weighted by Crippen LogP contribution is 2.89. The monoisotopic (exact) mass is 1380 g/mol. The van der Waals surface area contributed by atoms with E-state index in [9.17, 15) is 50.4 Å². The quantitative estimate of drug-likeness (QED) is 0.0734. The number of carbonyl (C=O) groups is 8. The van der Waals surface area contributed by atoms with Crippen LogP contribution in [-0.2, 0) is 58.7 Å². The van der Waals surface area contributed by atoms with Crippen LogP contribution in [0, 0.1) is 60.6 Å². The fourth-order valence-electron chi connectivity index (χ4n) is 19.4. The number of carbonyl (C=O) groups excluding carboxylic acids is 8. The minimum absolute atomic E-state index is 0.0141. The van der Waals surface area contributed by atoms with Crippen LogP contribution in [0.5, 0.6) is 0 Å². The molecule has 11 aliphatic rings. The molecule has 7 saturated carbocycles. The first-order valence-electron chi connectivity index (χ1n) is 35.5. The van der Waals surface area contributed by atoms with Gasteiger partial charge in [0.05, 0.1) is 6.04 Å². The summed E-state index contributed by atoms with van der Waals surface area (Å²) in [5.74, 6) is -4.61. The third-order valence-electron chi connectivity index (χ3n) is 26.4. The molecule has 0 unspecified atom stereocenters. The van der Waals surface area contributed by atoms with Gasteiger partial charge in [0.15, 0.2) is 0 Å². The number of hydrogen-bond donors (Lipinski definition) is 7. The molecule has 8 amide bonds. The summed E-state index contributed by atoms with van der Waals surface area (Å²) in [7, 11) is -8.12. The Morgan fingerprint density at radius 3 is 1.24 bits per heavy atom. The van der Waals surface area contributed by atoms with E-state index in [4.69, 9.17) is 10.5 Å². The van der Waals surface area contributed by atoms with E-state index in [1.165, 1.54) is 8.61 Å². The number of alkyl carbamates (subject to hydrolysis) is 1. The number of nitrogens with one attached hydrogen (secondary N) is 6. The van der Waals surface area contributed by atoms with E-state index in [1.54, 1.807) is 42.7 Å². The molecule has 11 rings (SSSR count). The highest BCUT2D eigenvalue weighted by molar-refractivity contribution is 7.88. The number of fused-ring (bicyclic) bond motifs is 2. The summed E-state index contributed by atoms with van der Waals surface area (Å²) in [6, 6.07) is -4.59. The molecular formula is C70H113N11O13S2. The minimum atomic E-state index is -4.11. The van der Waals surface area contributed by atoms with Gasteiger partial charge in [-0.25, -0.2) is 14.2 Å². The molecule has 7 aliphatic carbocycles. The van der Waals surface area contributed by atoms with Gasteiger partial charge in [0.1, 0.15) is 40.8 Å². The van der Waals surface area contributed by atoms with E-state index < -0.39 is 137 Å². The van der Waals surface area contributed by atoms with E-state index in [0.717, 1.165) is 70.6 Å². The summed E-state index contributed by atoms with van der Waals surface area (Å²) < 4.78 is 64.5. The second-order valence-corrected chi connectivity index (χ2v) is 38.5. The molecule has 8 N–H and O–H groups in total. The number of amides is 8. The van der Waals surface area contributed by atoms with Gasteiger partial charge in [0, 0.05) is 61.9 Å². The van der Waals surface area contributed by atoms with Crippen LogP contribution in [0.2, 0.25) is 0 Å².